The van der Waals surface area contributed by atoms with Gasteiger partial charge in [0.2, 0.25) is 5.91 Å². The van der Waals surface area contributed by atoms with Crippen LogP contribution in [0.25, 0.3) is 0 Å². The molecule has 2 atom stereocenters. The summed E-state index contributed by atoms with van der Waals surface area (Å²) in [6.07, 6.45) is 1.11. The number of hydrogen-bond donors (Lipinski definition) is 3. The van der Waals surface area contributed by atoms with E-state index in [0.29, 0.717) is 18.9 Å². The van der Waals surface area contributed by atoms with Crippen molar-refractivity contribution in [1.29, 1.82) is 0 Å². The Bertz CT molecular complexity index is 644. The molecule has 1 aliphatic heterocycles. The Morgan fingerprint density at radius 2 is 2.19 bits per heavy atom. The van der Waals surface area contributed by atoms with Crippen molar-refractivity contribution in [1.82, 2.24) is 20.4 Å². The predicted octanol–water partition coefficient (Wildman–Crippen LogP) is 1.77. The van der Waals surface area contributed by atoms with Crippen molar-refractivity contribution >= 4 is 17.8 Å². The smallest absolute Gasteiger partial charge is 0.407 e. The maximum absolute atomic E-state index is 12.8. The van der Waals surface area contributed by atoms with Crippen molar-refractivity contribution in [3.63, 3.8) is 0 Å². The lowest BCUT2D eigenvalue weighted by atomic mass is 10.0. The number of H-pyrrole nitrogens is 1. The average molecular weight is 367 g/mol. The minimum Gasteiger partial charge on any atom is -0.446 e. The number of nitrogens with zero attached hydrogens (tertiary/aromatic N) is 2. The van der Waals surface area contributed by atoms with Crippen LogP contribution in [-0.2, 0) is 9.53 Å². The largest absolute Gasteiger partial charge is 0.446 e. The monoisotopic (exact) mass is 367 g/mol. The molecule has 144 valence electrons. The molecule has 0 radical (unpaired) electrons. The molecular weight excluding hydrogens is 341 g/mol. The molecule has 1 saturated carbocycles. The summed E-state index contributed by atoms with van der Waals surface area (Å²) in [4.78, 5) is 25.4. The van der Waals surface area contributed by atoms with Gasteiger partial charge in [0.15, 0.2) is 5.82 Å². The Morgan fingerprint density at radius 1 is 1.42 bits per heavy atom. The van der Waals surface area contributed by atoms with Crippen molar-refractivity contribution in [3.8, 4) is 0 Å². The van der Waals surface area contributed by atoms with Crippen LogP contribution in [0.4, 0.5) is 15.0 Å². The zero-order chi connectivity index (χ0) is 18.7. The van der Waals surface area contributed by atoms with E-state index in [-0.39, 0.29) is 36.6 Å². The number of hydrogen-bond acceptors (Lipinski definition) is 5. The van der Waals surface area contributed by atoms with Crippen LogP contribution in [0, 0.1) is 0 Å². The standard InChI is InChI=1S/C17H26FN5O3/c1-10(2)19-17(25)26-13-4-3-11(5-13)14-6-15(22-21-14)20-16(24)9-23-7-12(18)8-23/h6,10-13H,3-5,7-9H2,1-2H3,(H,19,25)(H2,20,21,22,24)/t11-,13+/m0/s1. The van der Waals surface area contributed by atoms with Crippen molar-refractivity contribution in [2.75, 3.05) is 25.0 Å². The SMILES string of the molecule is CC(C)NC(=O)O[C@@H]1CC[C@H](c2cc(NC(=O)CN3CC(F)C3)n[nH]2)C1. The van der Waals surface area contributed by atoms with E-state index in [9.17, 15) is 14.0 Å². The van der Waals surface area contributed by atoms with Gasteiger partial charge in [-0.1, -0.05) is 0 Å². The van der Waals surface area contributed by atoms with Crippen molar-refractivity contribution in [2.24, 2.45) is 0 Å². The summed E-state index contributed by atoms with van der Waals surface area (Å²) in [5.74, 6) is 0.477. The number of nitrogens with one attached hydrogen (secondary N) is 3. The van der Waals surface area contributed by atoms with Gasteiger partial charge in [-0.15, -0.1) is 0 Å². The molecule has 26 heavy (non-hydrogen) atoms. The Morgan fingerprint density at radius 3 is 2.88 bits per heavy atom. The number of carbonyl (C=O) groups excluding carboxylic acids is 2. The molecule has 1 aromatic rings. The number of aromatic nitrogens is 2. The van der Waals surface area contributed by atoms with E-state index in [1.807, 2.05) is 19.9 Å². The summed E-state index contributed by atoms with van der Waals surface area (Å²) in [5, 5.41) is 12.5. The fourth-order valence-corrected chi connectivity index (χ4v) is 3.38. The van der Waals surface area contributed by atoms with Gasteiger partial charge >= 0.3 is 6.09 Å². The Kier molecular flexibility index (Phi) is 5.75. The van der Waals surface area contributed by atoms with Crippen molar-refractivity contribution in [3.05, 3.63) is 11.8 Å². The molecule has 1 saturated heterocycles. The Labute approximate surface area is 151 Å². The quantitative estimate of drug-likeness (QED) is 0.712. The predicted molar refractivity (Wildman–Crippen MR) is 93.7 cm³/mol. The minimum atomic E-state index is -0.820. The summed E-state index contributed by atoms with van der Waals surface area (Å²) in [6.45, 7) is 4.57. The van der Waals surface area contributed by atoms with E-state index in [2.05, 4.69) is 20.8 Å². The van der Waals surface area contributed by atoms with Crippen LogP contribution >= 0.6 is 0 Å². The van der Waals surface area contributed by atoms with Crippen LogP contribution in [0.5, 0.6) is 0 Å². The molecule has 2 heterocycles. The fraction of sp³-hybridized carbons (Fsp3) is 0.706. The van der Waals surface area contributed by atoms with Crippen LogP contribution in [0.1, 0.15) is 44.7 Å². The highest BCUT2D eigenvalue weighted by atomic mass is 19.1. The van der Waals surface area contributed by atoms with Gasteiger partial charge in [-0.2, -0.15) is 5.10 Å². The molecule has 2 fully saturated rings. The molecule has 0 bridgehead atoms. The molecule has 3 rings (SSSR count). The Hall–Kier alpha value is -2.16. The average Bonchev–Trinajstić information content (AvgIpc) is 3.14. The van der Waals surface area contributed by atoms with Gasteiger partial charge in [0.1, 0.15) is 12.3 Å². The zero-order valence-corrected chi connectivity index (χ0v) is 15.1. The second kappa shape index (κ2) is 8.03. The maximum Gasteiger partial charge on any atom is 0.407 e. The van der Waals surface area contributed by atoms with Gasteiger partial charge < -0.3 is 15.4 Å². The maximum atomic E-state index is 12.8. The number of carbonyl (C=O) groups is 2. The van der Waals surface area contributed by atoms with E-state index >= 15 is 0 Å². The van der Waals surface area contributed by atoms with Gasteiger partial charge in [0.25, 0.3) is 0 Å². The highest BCUT2D eigenvalue weighted by Gasteiger charge is 2.30. The summed E-state index contributed by atoms with van der Waals surface area (Å²) in [6, 6.07) is 1.86. The number of alkyl carbamates (subject to hydrolysis) is 1. The first-order chi connectivity index (χ1) is 12.4. The van der Waals surface area contributed by atoms with E-state index in [1.165, 1.54) is 0 Å². The first-order valence-corrected chi connectivity index (χ1v) is 9.07. The molecule has 8 nitrogen and oxygen atoms in total. The summed E-state index contributed by atoms with van der Waals surface area (Å²) >= 11 is 0. The molecule has 1 aromatic heterocycles. The number of halogens is 1. The van der Waals surface area contributed by atoms with Gasteiger partial charge in [-0.25, -0.2) is 9.18 Å². The topological polar surface area (TPSA) is 99.3 Å². The number of anilines is 1. The van der Waals surface area contributed by atoms with Crippen molar-refractivity contribution < 1.29 is 18.7 Å². The molecular formula is C17H26FN5O3. The van der Waals surface area contributed by atoms with Gasteiger partial charge in [0.05, 0.1) is 6.54 Å². The Balaban J connectivity index is 1.44. The number of rotatable bonds is 6. The minimum absolute atomic E-state index is 0.0468. The second-order valence-corrected chi connectivity index (χ2v) is 7.38. The first-order valence-electron chi connectivity index (χ1n) is 9.07. The number of likely N-dealkylation sites (tertiary alicyclic amines) is 1. The molecule has 0 spiro atoms. The lowest BCUT2D eigenvalue weighted by Gasteiger charge is -2.33. The molecule has 1 aliphatic carbocycles. The van der Waals surface area contributed by atoms with E-state index in [0.717, 1.165) is 25.0 Å². The van der Waals surface area contributed by atoms with Crippen LogP contribution in [0.3, 0.4) is 0 Å². The van der Waals surface area contributed by atoms with Crippen LogP contribution < -0.4 is 10.6 Å². The number of amides is 2. The van der Waals surface area contributed by atoms with E-state index in [4.69, 9.17) is 4.74 Å². The second-order valence-electron chi connectivity index (χ2n) is 7.38. The normalized spacial score (nSPS) is 23.7. The summed E-state index contributed by atoms with van der Waals surface area (Å²) in [7, 11) is 0. The number of alkyl halides is 1. The van der Waals surface area contributed by atoms with E-state index < -0.39 is 6.17 Å². The third-order valence-corrected chi connectivity index (χ3v) is 4.65. The molecule has 2 aliphatic rings. The molecule has 9 heteroatoms. The fourth-order valence-electron chi connectivity index (χ4n) is 3.38. The highest BCUT2D eigenvalue weighted by Crippen LogP contribution is 2.35. The van der Waals surface area contributed by atoms with Gasteiger partial charge in [-0.3, -0.25) is 14.8 Å². The third kappa shape index (κ3) is 4.94. The molecule has 3 N–H and O–H groups in total. The summed E-state index contributed by atoms with van der Waals surface area (Å²) in [5.41, 5.74) is 0.920. The molecule has 0 unspecified atom stereocenters. The molecule has 2 amide bonds. The van der Waals surface area contributed by atoms with Gasteiger partial charge in [-0.05, 0) is 33.1 Å². The lowest BCUT2D eigenvalue weighted by molar-refractivity contribution is -0.119. The van der Waals surface area contributed by atoms with Crippen LogP contribution in [0.15, 0.2) is 6.07 Å². The van der Waals surface area contributed by atoms with Crippen LogP contribution in [-0.4, -0.2) is 65.0 Å². The highest BCUT2D eigenvalue weighted by molar-refractivity contribution is 5.91. The lowest BCUT2D eigenvalue weighted by Crippen LogP contribution is -2.51. The third-order valence-electron chi connectivity index (χ3n) is 4.65. The molecule has 0 aromatic carbocycles. The van der Waals surface area contributed by atoms with Crippen LogP contribution in [0.2, 0.25) is 0 Å². The number of ether oxygens (including phenoxy) is 1. The van der Waals surface area contributed by atoms with Gasteiger partial charge in [0, 0.05) is 36.8 Å². The van der Waals surface area contributed by atoms with E-state index in [1.54, 1.807) is 4.90 Å². The number of aromatic amines is 1. The zero-order valence-electron chi connectivity index (χ0n) is 15.1. The van der Waals surface area contributed by atoms with Crippen molar-refractivity contribution in [2.45, 2.75) is 57.3 Å². The summed E-state index contributed by atoms with van der Waals surface area (Å²) < 4.78 is 18.2. The first kappa shape index (κ1) is 18.6.